The minimum absolute atomic E-state index is 0.276. The number of H-pyrrole nitrogens is 1. The minimum atomic E-state index is 0.276. The van der Waals surface area contributed by atoms with Crippen LogP contribution in [0, 0.1) is 3.57 Å². The molecule has 0 aliphatic rings. The van der Waals surface area contributed by atoms with Crippen LogP contribution >= 0.6 is 22.6 Å². The number of hydrogen-bond acceptors (Lipinski definition) is 2. The van der Waals surface area contributed by atoms with Crippen molar-refractivity contribution in [2.75, 3.05) is 6.54 Å². The van der Waals surface area contributed by atoms with Crippen molar-refractivity contribution in [2.24, 2.45) is 0 Å². The molecule has 4 rings (SSSR count). The van der Waals surface area contributed by atoms with Crippen LogP contribution in [0.5, 0.6) is 5.75 Å². The second-order valence-corrected chi connectivity index (χ2v) is 8.03. The van der Waals surface area contributed by atoms with Gasteiger partial charge in [-0.15, -0.1) is 0 Å². The van der Waals surface area contributed by atoms with Crippen LogP contribution in [0.3, 0.4) is 0 Å². The van der Waals surface area contributed by atoms with Gasteiger partial charge in [-0.3, -0.25) is 0 Å². The molecule has 1 aromatic heterocycles. The number of fused-ring (bicyclic) bond motifs is 1. The van der Waals surface area contributed by atoms with Crippen LogP contribution in [0.1, 0.15) is 11.1 Å². The molecular formula is C24H21IN2O. The van der Waals surface area contributed by atoms with Gasteiger partial charge in [-0.25, -0.2) is 0 Å². The van der Waals surface area contributed by atoms with E-state index in [2.05, 4.69) is 82.1 Å². The minimum Gasteiger partial charge on any atom is -0.508 e. The van der Waals surface area contributed by atoms with Gasteiger partial charge >= 0.3 is 0 Å². The molecule has 0 saturated heterocycles. The van der Waals surface area contributed by atoms with Crippen molar-refractivity contribution in [1.29, 1.82) is 0 Å². The lowest BCUT2D eigenvalue weighted by Gasteiger charge is -2.11. The van der Waals surface area contributed by atoms with Gasteiger partial charge in [0.05, 0.1) is 0 Å². The summed E-state index contributed by atoms with van der Waals surface area (Å²) in [6, 6.07) is 22.0. The largest absolute Gasteiger partial charge is 0.508 e. The Balaban J connectivity index is 1.43. The number of aromatic amines is 1. The lowest BCUT2D eigenvalue weighted by atomic mass is 10.0. The van der Waals surface area contributed by atoms with Gasteiger partial charge < -0.3 is 15.4 Å². The molecule has 0 amide bonds. The molecule has 3 aromatic carbocycles. The van der Waals surface area contributed by atoms with Crippen LogP contribution in [0.25, 0.3) is 27.7 Å². The highest BCUT2D eigenvalue weighted by atomic mass is 127. The fraction of sp³-hybridized carbons (Fsp3) is 0.0833. The molecule has 0 saturated carbocycles. The van der Waals surface area contributed by atoms with E-state index in [1.807, 2.05) is 18.2 Å². The SMILES string of the molecule is C=C(NCCc1c[nH]c2ccc(I)cc12)c1cccc(-c2ccc(O)cc2)c1. The van der Waals surface area contributed by atoms with Crippen molar-refractivity contribution >= 4 is 39.2 Å². The van der Waals surface area contributed by atoms with Crippen molar-refractivity contribution < 1.29 is 5.11 Å². The Kier molecular flexibility index (Phi) is 5.39. The smallest absolute Gasteiger partial charge is 0.115 e. The second-order valence-electron chi connectivity index (χ2n) is 6.79. The second kappa shape index (κ2) is 8.10. The summed E-state index contributed by atoms with van der Waals surface area (Å²) in [6.07, 6.45) is 3.02. The van der Waals surface area contributed by atoms with Gasteiger partial charge in [0.15, 0.2) is 0 Å². The highest BCUT2D eigenvalue weighted by Crippen LogP contribution is 2.25. The van der Waals surface area contributed by atoms with E-state index >= 15 is 0 Å². The summed E-state index contributed by atoms with van der Waals surface area (Å²) in [5.74, 6) is 0.276. The summed E-state index contributed by atoms with van der Waals surface area (Å²) < 4.78 is 1.24. The van der Waals surface area contributed by atoms with Crippen LogP contribution in [0.2, 0.25) is 0 Å². The number of halogens is 1. The van der Waals surface area contributed by atoms with Crippen molar-refractivity contribution in [3.8, 4) is 16.9 Å². The zero-order valence-electron chi connectivity index (χ0n) is 15.4. The van der Waals surface area contributed by atoms with E-state index in [1.165, 1.54) is 20.0 Å². The summed E-state index contributed by atoms with van der Waals surface area (Å²) >= 11 is 2.35. The Morgan fingerprint density at radius 2 is 1.82 bits per heavy atom. The van der Waals surface area contributed by atoms with Gasteiger partial charge in [0, 0.05) is 32.9 Å². The molecule has 140 valence electrons. The summed E-state index contributed by atoms with van der Waals surface area (Å²) in [7, 11) is 0. The van der Waals surface area contributed by atoms with E-state index < -0.39 is 0 Å². The quantitative estimate of drug-likeness (QED) is 0.299. The first-order valence-corrected chi connectivity index (χ1v) is 10.3. The fourth-order valence-corrected chi connectivity index (χ4v) is 3.84. The van der Waals surface area contributed by atoms with Crippen LogP contribution in [0.15, 0.2) is 79.5 Å². The van der Waals surface area contributed by atoms with E-state index in [-0.39, 0.29) is 5.75 Å². The predicted molar refractivity (Wildman–Crippen MR) is 125 cm³/mol. The highest BCUT2D eigenvalue weighted by Gasteiger charge is 2.06. The van der Waals surface area contributed by atoms with E-state index in [0.29, 0.717) is 0 Å². The van der Waals surface area contributed by atoms with E-state index in [0.717, 1.165) is 35.4 Å². The third-order valence-corrected chi connectivity index (χ3v) is 5.54. The molecule has 0 spiro atoms. The average molecular weight is 480 g/mol. The first-order valence-electron chi connectivity index (χ1n) is 9.18. The predicted octanol–water partition coefficient (Wildman–Crippen LogP) is 5.95. The van der Waals surface area contributed by atoms with Gasteiger partial charge in [0.1, 0.15) is 5.75 Å². The zero-order valence-corrected chi connectivity index (χ0v) is 17.5. The number of nitrogens with one attached hydrogen (secondary N) is 2. The molecule has 0 radical (unpaired) electrons. The van der Waals surface area contributed by atoms with Gasteiger partial charge in [0.2, 0.25) is 0 Å². The monoisotopic (exact) mass is 480 g/mol. The molecule has 0 atom stereocenters. The first-order chi connectivity index (χ1) is 13.6. The Bertz CT molecular complexity index is 1130. The van der Waals surface area contributed by atoms with Gasteiger partial charge in [-0.1, -0.05) is 36.9 Å². The van der Waals surface area contributed by atoms with E-state index in [4.69, 9.17) is 0 Å². The Morgan fingerprint density at radius 1 is 1.00 bits per heavy atom. The molecular weight excluding hydrogens is 459 g/mol. The summed E-state index contributed by atoms with van der Waals surface area (Å²) in [6.45, 7) is 5.03. The zero-order chi connectivity index (χ0) is 19.5. The maximum Gasteiger partial charge on any atom is 0.115 e. The topological polar surface area (TPSA) is 48.0 Å². The maximum atomic E-state index is 9.48. The molecule has 28 heavy (non-hydrogen) atoms. The molecule has 0 aliphatic heterocycles. The number of aromatic nitrogens is 1. The molecule has 4 aromatic rings. The number of hydrogen-bond donors (Lipinski definition) is 3. The Labute approximate surface area is 178 Å². The highest BCUT2D eigenvalue weighted by molar-refractivity contribution is 14.1. The number of rotatable bonds is 6. The number of benzene rings is 3. The maximum absolute atomic E-state index is 9.48. The van der Waals surface area contributed by atoms with Crippen LogP contribution < -0.4 is 5.32 Å². The Morgan fingerprint density at radius 3 is 2.64 bits per heavy atom. The number of aromatic hydroxyl groups is 1. The molecule has 4 heteroatoms. The molecule has 0 aliphatic carbocycles. The van der Waals surface area contributed by atoms with Crippen LogP contribution in [-0.2, 0) is 6.42 Å². The lowest BCUT2D eigenvalue weighted by Crippen LogP contribution is -2.15. The van der Waals surface area contributed by atoms with Crippen molar-refractivity contribution in [3.05, 3.63) is 94.2 Å². The molecule has 0 unspecified atom stereocenters. The average Bonchev–Trinajstić information content (AvgIpc) is 3.10. The third-order valence-electron chi connectivity index (χ3n) is 4.87. The van der Waals surface area contributed by atoms with E-state index in [9.17, 15) is 5.11 Å². The summed E-state index contributed by atoms with van der Waals surface area (Å²) in [4.78, 5) is 3.34. The summed E-state index contributed by atoms with van der Waals surface area (Å²) in [5, 5.41) is 14.2. The molecule has 1 heterocycles. The normalized spacial score (nSPS) is 10.9. The lowest BCUT2D eigenvalue weighted by molar-refractivity contribution is 0.475. The fourth-order valence-electron chi connectivity index (χ4n) is 3.35. The first kappa shape index (κ1) is 18.6. The van der Waals surface area contributed by atoms with Crippen molar-refractivity contribution in [2.45, 2.75) is 6.42 Å². The molecule has 0 fully saturated rings. The van der Waals surface area contributed by atoms with Crippen molar-refractivity contribution in [3.63, 3.8) is 0 Å². The molecule has 3 N–H and O–H groups in total. The van der Waals surface area contributed by atoms with Gasteiger partial charge in [-0.05, 0) is 87.7 Å². The third kappa shape index (κ3) is 4.07. The van der Waals surface area contributed by atoms with E-state index in [1.54, 1.807) is 12.1 Å². The summed E-state index contributed by atoms with van der Waals surface area (Å²) in [5.41, 5.74) is 6.64. The van der Waals surface area contributed by atoms with Crippen LogP contribution in [0.4, 0.5) is 0 Å². The Hall–Kier alpha value is -2.73. The van der Waals surface area contributed by atoms with Crippen molar-refractivity contribution in [1.82, 2.24) is 10.3 Å². The standard InChI is InChI=1S/C24H21IN2O/c1-16(18-3-2-4-19(13-18)17-5-8-22(28)9-6-17)26-12-11-20-15-27-24-10-7-21(25)14-23(20)24/h2-10,13-15,26-28H,1,11-12H2. The molecule has 3 nitrogen and oxygen atoms in total. The molecule has 0 bridgehead atoms. The van der Waals surface area contributed by atoms with Crippen LogP contribution in [-0.4, -0.2) is 16.6 Å². The van der Waals surface area contributed by atoms with Gasteiger partial charge in [0.25, 0.3) is 0 Å². The number of phenolic OH excluding ortho intramolecular Hbond substituents is 1. The van der Waals surface area contributed by atoms with Gasteiger partial charge in [-0.2, -0.15) is 0 Å². The number of phenols is 1.